The molecule has 9 heteroatoms. The van der Waals surface area contributed by atoms with Crippen LogP contribution in [0.4, 0.5) is 0 Å². The van der Waals surface area contributed by atoms with Crippen LogP contribution in [0.15, 0.2) is 59.0 Å². The molecule has 1 fully saturated rings. The van der Waals surface area contributed by atoms with E-state index in [9.17, 15) is 4.79 Å². The number of nitrogens with one attached hydrogen (secondary N) is 1. The van der Waals surface area contributed by atoms with Crippen molar-refractivity contribution >= 4 is 17.5 Å². The van der Waals surface area contributed by atoms with Gasteiger partial charge in [-0.2, -0.15) is 0 Å². The van der Waals surface area contributed by atoms with Crippen molar-refractivity contribution in [1.82, 2.24) is 15.1 Å². The molecule has 0 spiro atoms. The first-order valence-corrected chi connectivity index (χ1v) is 12.5. The molecule has 3 heterocycles. The van der Waals surface area contributed by atoms with E-state index in [2.05, 4.69) is 22.2 Å². The predicted molar refractivity (Wildman–Crippen MR) is 136 cm³/mol. The number of rotatable bonds is 8. The zero-order valence-electron chi connectivity index (χ0n) is 20.2. The summed E-state index contributed by atoms with van der Waals surface area (Å²) in [5.41, 5.74) is 1.01. The van der Waals surface area contributed by atoms with Gasteiger partial charge in [-0.05, 0) is 49.0 Å². The van der Waals surface area contributed by atoms with Crippen LogP contribution in [-0.2, 0) is 13.2 Å². The Hall–Kier alpha value is -3.20. The summed E-state index contributed by atoms with van der Waals surface area (Å²) in [6, 6.07) is 16.6. The summed E-state index contributed by atoms with van der Waals surface area (Å²) in [5.74, 6) is 2.73. The monoisotopic (exact) mass is 511 g/mol. The highest BCUT2D eigenvalue weighted by Gasteiger charge is 2.23. The van der Waals surface area contributed by atoms with E-state index in [0.717, 1.165) is 37.5 Å². The summed E-state index contributed by atoms with van der Waals surface area (Å²) >= 11 is 5.94. The molecule has 0 radical (unpaired) electrons. The number of halogens is 1. The minimum Gasteiger partial charge on any atom is -0.489 e. The van der Waals surface area contributed by atoms with Crippen LogP contribution in [0.1, 0.15) is 21.9 Å². The lowest BCUT2D eigenvalue weighted by Crippen LogP contribution is -2.43. The van der Waals surface area contributed by atoms with E-state index in [-0.39, 0.29) is 12.0 Å². The molecular formula is C27H30ClN3O5. The van der Waals surface area contributed by atoms with E-state index >= 15 is 0 Å². The highest BCUT2D eigenvalue weighted by atomic mass is 35.5. The molecule has 1 amide bonds. The molecule has 0 saturated carbocycles. The van der Waals surface area contributed by atoms with Crippen LogP contribution in [0.3, 0.4) is 0 Å². The Kier molecular flexibility index (Phi) is 7.65. The molecule has 5 rings (SSSR count). The molecule has 0 aliphatic carbocycles. The Bertz CT molecular complexity index is 1170. The Morgan fingerprint density at radius 3 is 2.67 bits per heavy atom. The number of hydrogen-bond donors (Lipinski definition) is 1. The first kappa shape index (κ1) is 24.5. The summed E-state index contributed by atoms with van der Waals surface area (Å²) in [7, 11) is 2.13. The second kappa shape index (κ2) is 11.2. The molecule has 0 unspecified atom stereocenters. The topological polar surface area (TPSA) is 76.4 Å². The molecule has 3 aromatic rings. The number of carbonyl (C=O) groups excluding carboxylic acids is 1. The van der Waals surface area contributed by atoms with Crippen LogP contribution in [0.25, 0.3) is 0 Å². The van der Waals surface area contributed by atoms with E-state index in [1.54, 1.807) is 12.1 Å². The molecule has 1 atom stereocenters. The zero-order valence-corrected chi connectivity index (χ0v) is 21.0. The fourth-order valence-corrected chi connectivity index (χ4v) is 4.26. The van der Waals surface area contributed by atoms with E-state index in [4.69, 9.17) is 30.2 Å². The third-order valence-electron chi connectivity index (χ3n) is 6.30. The smallest absolute Gasteiger partial charge is 0.287 e. The van der Waals surface area contributed by atoms with Crippen molar-refractivity contribution in [3.63, 3.8) is 0 Å². The number of carbonyl (C=O) groups is 1. The Morgan fingerprint density at radius 1 is 1.06 bits per heavy atom. The minimum atomic E-state index is -0.326. The molecule has 2 aromatic carbocycles. The van der Waals surface area contributed by atoms with E-state index in [1.807, 2.05) is 42.5 Å². The van der Waals surface area contributed by atoms with Crippen molar-refractivity contribution in [2.45, 2.75) is 19.3 Å². The van der Waals surface area contributed by atoms with Gasteiger partial charge in [0.15, 0.2) is 17.3 Å². The lowest BCUT2D eigenvalue weighted by molar-refractivity contribution is 0.0767. The number of piperazine rings is 1. The fourth-order valence-electron chi connectivity index (χ4n) is 4.14. The number of amides is 1. The lowest BCUT2D eigenvalue weighted by atomic mass is 10.2. The molecule has 2 aliphatic rings. The van der Waals surface area contributed by atoms with Gasteiger partial charge in [0, 0.05) is 37.3 Å². The van der Waals surface area contributed by atoms with Gasteiger partial charge in [-0.3, -0.25) is 9.69 Å². The molecular weight excluding hydrogens is 482 g/mol. The molecule has 36 heavy (non-hydrogen) atoms. The van der Waals surface area contributed by atoms with E-state index < -0.39 is 0 Å². The zero-order chi connectivity index (χ0) is 24.9. The number of nitrogens with zero attached hydrogens (tertiary/aromatic N) is 2. The second-order valence-electron chi connectivity index (χ2n) is 9.13. The van der Waals surface area contributed by atoms with Crippen molar-refractivity contribution in [2.24, 2.45) is 0 Å². The van der Waals surface area contributed by atoms with Crippen LogP contribution >= 0.6 is 11.6 Å². The standard InChI is InChI=1S/C27H30ClN3O5/c1-30-10-12-31(13-11-30)16-22-7-9-25(35-22)27(32)29-15-23-18-34-24-8-6-21(14-26(24)36-23)33-17-19-2-4-20(28)5-3-19/h2-9,14,23H,10-13,15-18H2,1H3,(H,29,32)/t23-/m1/s1. The number of likely N-dealkylation sites (N-methyl/N-ethyl adjacent to an activating group) is 1. The van der Waals surface area contributed by atoms with Crippen molar-refractivity contribution in [1.29, 1.82) is 0 Å². The quantitative estimate of drug-likeness (QED) is 0.492. The Morgan fingerprint density at radius 2 is 1.86 bits per heavy atom. The van der Waals surface area contributed by atoms with Crippen molar-refractivity contribution in [3.8, 4) is 17.2 Å². The molecule has 1 N–H and O–H groups in total. The highest BCUT2D eigenvalue weighted by Crippen LogP contribution is 2.35. The van der Waals surface area contributed by atoms with Crippen LogP contribution in [0, 0.1) is 0 Å². The molecule has 1 saturated heterocycles. The lowest BCUT2D eigenvalue weighted by Gasteiger charge is -2.31. The SMILES string of the molecule is CN1CCN(Cc2ccc(C(=O)NC[C@@H]3COc4ccc(OCc5ccc(Cl)cc5)cc4O3)o2)CC1. The van der Waals surface area contributed by atoms with Gasteiger partial charge in [-0.25, -0.2) is 0 Å². The van der Waals surface area contributed by atoms with Crippen molar-refractivity contribution in [2.75, 3.05) is 46.4 Å². The van der Waals surface area contributed by atoms with Gasteiger partial charge in [0.1, 0.15) is 30.8 Å². The summed E-state index contributed by atoms with van der Waals surface area (Å²) in [5, 5.41) is 3.58. The number of furan rings is 1. The third-order valence-corrected chi connectivity index (χ3v) is 6.56. The Balaban J connectivity index is 1.10. The van der Waals surface area contributed by atoms with Gasteiger partial charge >= 0.3 is 0 Å². The maximum atomic E-state index is 12.6. The van der Waals surface area contributed by atoms with Crippen LogP contribution in [0.5, 0.6) is 17.2 Å². The molecule has 1 aromatic heterocycles. The largest absolute Gasteiger partial charge is 0.489 e. The number of benzene rings is 2. The predicted octanol–water partition coefficient (Wildman–Crippen LogP) is 3.83. The first-order chi connectivity index (χ1) is 17.5. The second-order valence-corrected chi connectivity index (χ2v) is 9.57. The third kappa shape index (κ3) is 6.32. The van der Waals surface area contributed by atoms with E-state index in [1.165, 1.54) is 0 Å². The fraction of sp³-hybridized carbons (Fsp3) is 0.370. The van der Waals surface area contributed by atoms with Gasteiger partial charge in [-0.15, -0.1) is 0 Å². The van der Waals surface area contributed by atoms with Crippen molar-refractivity contribution in [3.05, 3.63) is 76.7 Å². The maximum Gasteiger partial charge on any atom is 0.287 e. The van der Waals surface area contributed by atoms with Crippen LogP contribution in [-0.4, -0.2) is 68.2 Å². The molecule has 190 valence electrons. The summed E-state index contributed by atoms with van der Waals surface area (Å²) in [6.45, 7) is 5.82. The molecule has 0 bridgehead atoms. The van der Waals surface area contributed by atoms with Gasteiger partial charge in [-0.1, -0.05) is 23.7 Å². The average Bonchev–Trinajstić information content (AvgIpc) is 3.36. The van der Waals surface area contributed by atoms with Crippen LogP contribution < -0.4 is 19.5 Å². The first-order valence-electron chi connectivity index (χ1n) is 12.1. The maximum absolute atomic E-state index is 12.6. The van der Waals surface area contributed by atoms with Crippen molar-refractivity contribution < 1.29 is 23.4 Å². The number of ether oxygens (including phenoxy) is 3. The molecule has 2 aliphatic heterocycles. The van der Waals surface area contributed by atoms with Crippen LogP contribution in [0.2, 0.25) is 5.02 Å². The Labute approximate surface area is 215 Å². The molecule has 8 nitrogen and oxygen atoms in total. The van der Waals surface area contributed by atoms with E-state index in [0.29, 0.717) is 54.3 Å². The summed E-state index contributed by atoms with van der Waals surface area (Å²) in [4.78, 5) is 17.3. The normalized spacial score (nSPS) is 18.1. The summed E-state index contributed by atoms with van der Waals surface area (Å²) in [6.07, 6.45) is -0.326. The number of hydrogen-bond acceptors (Lipinski definition) is 7. The van der Waals surface area contributed by atoms with Gasteiger partial charge in [0.25, 0.3) is 5.91 Å². The minimum absolute atomic E-state index is 0.269. The number of fused-ring (bicyclic) bond motifs is 1. The highest BCUT2D eigenvalue weighted by molar-refractivity contribution is 6.30. The summed E-state index contributed by atoms with van der Waals surface area (Å²) < 4.78 is 23.6. The van der Waals surface area contributed by atoms with Gasteiger partial charge in [0.2, 0.25) is 0 Å². The average molecular weight is 512 g/mol. The van der Waals surface area contributed by atoms with Gasteiger partial charge in [0.05, 0.1) is 13.1 Å². The van der Waals surface area contributed by atoms with Gasteiger partial charge < -0.3 is 28.8 Å².